The quantitative estimate of drug-likeness (QED) is 0.820. The smallest absolute Gasteiger partial charge is 0.272 e. The molecule has 0 aromatic carbocycles. The number of imidazole rings is 1. The Morgan fingerprint density at radius 3 is 2.76 bits per heavy atom. The molecule has 2 rings (SSSR count). The molecule has 21 heavy (non-hydrogen) atoms. The van der Waals surface area contributed by atoms with Crippen molar-refractivity contribution in [3.63, 3.8) is 0 Å². The third-order valence-electron chi connectivity index (χ3n) is 3.67. The van der Waals surface area contributed by atoms with Gasteiger partial charge in [-0.2, -0.15) is 0 Å². The lowest BCUT2D eigenvalue weighted by atomic mass is 10.2. The van der Waals surface area contributed by atoms with Crippen LogP contribution in [0.3, 0.4) is 0 Å². The van der Waals surface area contributed by atoms with Crippen LogP contribution in [0.2, 0.25) is 0 Å². The first kappa shape index (κ1) is 16.0. The van der Waals surface area contributed by atoms with Crippen LogP contribution in [0.4, 0.5) is 0 Å². The average Bonchev–Trinajstić information content (AvgIpc) is 2.82. The van der Waals surface area contributed by atoms with Crippen LogP contribution in [-0.4, -0.2) is 33.8 Å². The standard InChI is InChI=1S/C16H22BrN3O/c1-5-7-8-19(4)16(21)14-13(6-2)18-15-11(3)9-12(17)10-20(14)15/h9-10H,5-8H2,1-4H3. The van der Waals surface area contributed by atoms with Gasteiger partial charge in [0.2, 0.25) is 0 Å². The maximum absolute atomic E-state index is 12.8. The predicted molar refractivity (Wildman–Crippen MR) is 88.9 cm³/mol. The first-order chi connectivity index (χ1) is 9.99. The van der Waals surface area contributed by atoms with Crippen LogP contribution in [0.25, 0.3) is 5.65 Å². The summed E-state index contributed by atoms with van der Waals surface area (Å²) in [6, 6.07) is 2.02. The Balaban J connectivity index is 2.53. The van der Waals surface area contributed by atoms with Crippen molar-refractivity contribution in [1.29, 1.82) is 0 Å². The summed E-state index contributed by atoms with van der Waals surface area (Å²) < 4.78 is 2.88. The molecule has 5 heteroatoms. The van der Waals surface area contributed by atoms with Gasteiger partial charge in [-0.25, -0.2) is 4.98 Å². The molecule has 0 aliphatic rings. The number of carbonyl (C=O) groups is 1. The minimum atomic E-state index is 0.0466. The number of carbonyl (C=O) groups excluding carboxylic acids is 1. The summed E-state index contributed by atoms with van der Waals surface area (Å²) in [6.45, 7) is 6.96. The van der Waals surface area contributed by atoms with Crippen molar-refractivity contribution in [1.82, 2.24) is 14.3 Å². The third kappa shape index (κ3) is 3.12. The molecule has 2 aromatic rings. The molecule has 2 aromatic heterocycles. The van der Waals surface area contributed by atoms with Gasteiger partial charge < -0.3 is 4.90 Å². The van der Waals surface area contributed by atoms with Crippen LogP contribution in [-0.2, 0) is 6.42 Å². The highest BCUT2D eigenvalue weighted by Gasteiger charge is 2.22. The van der Waals surface area contributed by atoms with Gasteiger partial charge in [0.1, 0.15) is 11.3 Å². The molecule has 0 N–H and O–H groups in total. The molecule has 0 radical (unpaired) electrons. The molecule has 0 bridgehead atoms. The fourth-order valence-electron chi connectivity index (χ4n) is 2.47. The molecule has 0 atom stereocenters. The highest BCUT2D eigenvalue weighted by atomic mass is 79.9. The molecule has 0 aliphatic heterocycles. The highest BCUT2D eigenvalue weighted by molar-refractivity contribution is 9.10. The summed E-state index contributed by atoms with van der Waals surface area (Å²) >= 11 is 3.50. The van der Waals surface area contributed by atoms with E-state index in [0.29, 0.717) is 5.69 Å². The molecule has 0 aliphatic carbocycles. The Labute approximate surface area is 134 Å². The lowest BCUT2D eigenvalue weighted by Crippen LogP contribution is -2.29. The molecular formula is C16H22BrN3O. The van der Waals surface area contributed by atoms with E-state index in [1.165, 1.54) is 0 Å². The second-order valence-corrected chi connectivity index (χ2v) is 6.29. The first-order valence-corrected chi connectivity index (χ1v) is 8.21. The summed E-state index contributed by atoms with van der Waals surface area (Å²) in [7, 11) is 1.86. The molecule has 0 unspecified atom stereocenters. The van der Waals surface area contributed by atoms with E-state index in [1.807, 2.05) is 37.6 Å². The van der Waals surface area contributed by atoms with Crippen molar-refractivity contribution >= 4 is 27.5 Å². The third-order valence-corrected chi connectivity index (χ3v) is 4.11. The number of aryl methyl sites for hydroxylation is 2. The Kier molecular flexibility index (Phi) is 5.04. The number of aromatic nitrogens is 2. The van der Waals surface area contributed by atoms with E-state index < -0.39 is 0 Å². The van der Waals surface area contributed by atoms with Gasteiger partial charge in [-0.15, -0.1) is 0 Å². The number of nitrogens with zero attached hydrogens (tertiary/aromatic N) is 3. The van der Waals surface area contributed by atoms with Crippen LogP contribution in [0.15, 0.2) is 16.7 Å². The van der Waals surface area contributed by atoms with Crippen LogP contribution in [0, 0.1) is 6.92 Å². The maximum Gasteiger partial charge on any atom is 0.272 e. The molecule has 0 saturated heterocycles. The SMILES string of the molecule is CCCCN(C)C(=O)c1c(CC)nc2c(C)cc(Br)cn12. The number of rotatable bonds is 5. The molecule has 4 nitrogen and oxygen atoms in total. The van der Waals surface area contributed by atoms with Crippen molar-refractivity contribution in [2.75, 3.05) is 13.6 Å². The fourth-order valence-corrected chi connectivity index (χ4v) is 3.01. The van der Waals surface area contributed by atoms with Crippen molar-refractivity contribution in [2.45, 2.75) is 40.0 Å². The number of halogens is 1. The van der Waals surface area contributed by atoms with E-state index in [0.717, 1.165) is 47.2 Å². The summed E-state index contributed by atoms with van der Waals surface area (Å²) in [4.78, 5) is 19.2. The van der Waals surface area contributed by atoms with Gasteiger partial charge in [-0.3, -0.25) is 9.20 Å². The zero-order valence-electron chi connectivity index (χ0n) is 13.1. The monoisotopic (exact) mass is 351 g/mol. The number of unbranched alkanes of at least 4 members (excludes halogenated alkanes) is 1. The highest BCUT2D eigenvalue weighted by Crippen LogP contribution is 2.22. The Morgan fingerprint density at radius 2 is 2.14 bits per heavy atom. The number of pyridine rings is 1. The predicted octanol–water partition coefficient (Wildman–Crippen LogP) is 3.84. The number of amides is 1. The van der Waals surface area contributed by atoms with Crippen molar-refractivity contribution in [2.24, 2.45) is 0 Å². The summed E-state index contributed by atoms with van der Waals surface area (Å²) in [5, 5.41) is 0. The minimum absolute atomic E-state index is 0.0466. The number of hydrogen-bond donors (Lipinski definition) is 0. The van der Waals surface area contributed by atoms with Crippen molar-refractivity contribution in [3.05, 3.63) is 33.7 Å². The molecule has 0 spiro atoms. The van der Waals surface area contributed by atoms with Gasteiger partial charge in [0.15, 0.2) is 0 Å². The number of fused-ring (bicyclic) bond motifs is 1. The van der Waals surface area contributed by atoms with E-state index in [-0.39, 0.29) is 5.91 Å². The first-order valence-electron chi connectivity index (χ1n) is 7.42. The average molecular weight is 352 g/mol. The molecule has 114 valence electrons. The minimum Gasteiger partial charge on any atom is -0.340 e. The Hall–Kier alpha value is -1.36. The lowest BCUT2D eigenvalue weighted by molar-refractivity contribution is 0.0785. The molecule has 1 amide bonds. The lowest BCUT2D eigenvalue weighted by Gasteiger charge is -2.17. The van der Waals surface area contributed by atoms with Crippen LogP contribution in [0.1, 0.15) is 48.4 Å². The van der Waals surface area contributed by atoms with Gasteiger partial charge in [0.05, 0.1) is 5.69 Å². The van der Waals surface area contributed by atoms with E-state index in [9.17, 15) is 4.79 Å². The van der Waals surface area contributed by atoms with Crippen molar-refractivity contribution < 1.29 is 4.79 Å². The number of hydrogen-bond acceptors (Lipinski definition) is 2. The molecule has 0 saturated carbocycles. The van der Waals surface area contributed by atoms with E-state index in [2.05, 4.69) is 27.8 Å². The van der Waals surface area contributed by atoms with Gasteiger partial charge in [-0.1, -0.05) is 20.3 Å². The Morgan fingerprint density at radius 1 is 1.43 bits per heavy atom. The van der Waals surface area contributed by atoms with Gasteiger partial charge in [0, 0.05) is 24.3 Å². The van der Waals surface area contributed by atoms with E-state index in [4.69, 9.17) is 0 Å². The van der Waals surface area contributed by atoms with Crippen molar-refractivity contribution in [3.8, 4) is 0 Å². The summed E-state index contributed by atoms with van der Waals surface area (Å²) in [6.07, 6.45) is 4.77. The van der Waals surface area contributed by atoms with Gasteiger partial charge in [0.25, 0.3) is 5.91 Å². The van der Waals surface area contributed by atoms with Crippen LogP contribution < -0.4 is 0 Å². The molecule has 0 fully saturated rings. The fraction of sp³-hybridized carbons (Fsp3) is 0.500. The van der Waals surface area contributed by atoms with Crippen LogP contribution >= 0.6 is 15.9 Å². The molecular weight excluding hydrogens is 330 g/mol. The largest absolute Gasteiger partial charge is 0.340 e. The zero-order valence-corrected chi connectivity index (χ0v) is 14.7. The Bertz CT molecular complexity index is 663. The second kappa shape index (κ2) is 6.60. The summed E-state index contributed by atoms with van der Waals surface area (Å²) in [5.74, 6) is 0.0466. The zero-order chi connectivity index (χ0) is 15.6. The normalized spacial score (nSPS) is 11.1. The molecule has 2 heterocycles. The summed E-state index contributed by atoms with van der Waals surface area (Å²) in [5.41, 5.74) is 3.48. The van der Waals surface area contributed by atoms with E-state index >= 15 is 0 Å². The van der Waals surface area contributed by atoms with Gasteiger partial charge in [-0.05, 0) is 47.3 Å². The topological polar surface area (TPSA) is 37.6 Å². The van der Waals surface area contributed by atoms with E-state index in [1.54, 1.807) is 4.90 Å². The van der Waals surface area contributed by atoms with Crippen LogP contribution in [0.5, 0.6) is 0 Å². The van der Waals surface area contributed by atoms with Gasteiger partial charge >= 0.3 is 0 Å². The maximum atomic E-state index is 12.8. The second-order valence-electron chi connectivity index (χ2n) is 5.38.